The molecule has 0 unspecified atom stereocenters. The summed E-state index contributed by atoms with van der Waals surface area (Å²) in [4.78, 5) is 11.7. The molecule has 1 aromatic carbocycles. The largest absolute Gasteiger partial charge is 0.397 e. The van der Waals surface area contributed by atoms with Gasteiger partial charge in [0.1, 0.15) is 0 Å². The summed E-state index contributed by atoms with van der Waals surface area (Å²) < 4.78 is 0. The smallest absolute Gasteiger partial charge is 0.251 e. The van der Waals surface area contributed by atoms with Crippen LogP contribution >= 0.6 is 11.8 Å². The van der Waals surface area contributed by atoms with Gasteiger partial charge in [0.15, 0.2) is 0 Å². The summed E-state index contributed by atoms with van der Waals surface area (Å²) in [6, 6.07) is 5.28. The third kappa shape index (κ3) is 5.71. The Morgan fingerprint density at radius 1 is 1.40 bits per heavy atom. The third-order valence-corrected chi connectivity index (χ3v) is 3.73. The standard InChI is InChI=1S/C14H23N3O2S/c1-2-16-14(19)11-4-5-13(12(15)10-11)17-6-9-20-8-3-7-18/h4-5,10,17-18H,2-3,6-9,15H2,1H3,(H,16,19). The van der Waals surface area contributed by atoms with Gasteiger partial charge in [-0.2, -0.15) is 11.8 Å². The van der Waals surface area contributed by atoms with E-state index in [1.165, 1.54) is 0 Å². The van der Waals surface area contributed by atoms with Crippen LogP contribution in [0, 0.1) is 0 Å². The van der Waals surface area contributed by atoms with E-state index in [4.69, 9.17) is 10.8 Å². The molecule has 0 spiro atoms. The summed E-state index contributed by atoms with van der Waals surface area (Å²) in [6.07, 6.45) is 0.827. The van der Waals surface area contributed by atoms with Crippen LogP contribution in [0.3, 0.4) is 0 Å². The summed E-state index contributed by atoms with van der Waals surface area (Å²) >= 11 is 1.79. The van der Waals surface area contributed by atoms with Crippen LogP contribution in [0.15, 0.2) is 18.2 Å². The Hall–Kier alpha value is -1.40. The van der Waals surface area contributed by atoms with Gasteiger partial charge < -0.3 is 21.5 Å². The van der Waals surface area contributed by atoms with E-state index in [1.807, 2.05) is 13.0 Å². The molecular weight excluding hydrogens is 274 g/mol. The second-order valence-corrected chi connectivity index (χ2v) is 5.50. The number of hydrogen-bond acceptors (Lipinski definition) is 5. The van der Waals surface area contributed by atoms with Gasteiger partial charge in [-0.1, -0.05) is 0 Å². The average molecular weight is 297 g/mol. The van der Waals surface area contributed by atoms with E-state index in [-0.39, 0.29) is 12.5 Å². The van der Waals surface area contributed by atoms with E-state index >= 15 is 0 Å². The lowest BCUT2D eigenvalue weighted by Crippen LogP contribution is -2.22. The zero-order valence-electron chi connectivity index (χ0n) is 11.8. The van der Waals surface area contributed by atoms with Crippen LogP contribution in [0.4, 0.5) is 11.4 Å². The molecule has 0 radical (unpaired) electrons. The van der Waals surface area contributed by atoms with Crippen molar-refractivity contribution in [3.8, 4) is 0 Å². The quantitative estimate of drug-likeness (QED) is 0.410. The zero-order valence-corrected chi connectivity index (χ0v) is 12.6. The highest BCUT2D eigenvalue weighted by atomic mass is 32.2. The molecule has 0 aliphatic heterocycles. The number of nitrogen functional groups attached to an aromatic ring is 1. The van der Waals surface area contributed by atoms with Crippen LogP contribution in [0.25, 0.3) is 0 Å². The molecule has 1 aromatic rings. The Kier molecular flexibility index (Phi) is 7.91. The fourth-order valence-electron chi connectivity index (χ4n) is 1.65. The number of rotatable bonds is 9. The third-order valence-electron chi connectivity index (χ3n) is 2.66. The van der Waals surface area contributed by atoms with E-state index < -0.39 is 0 Å². The fourth-order valence-corrected chi connectivity index (χ4v) is 2.44. The molecule has 0 aliphatic carbocycles. The first-order valence-corrected chi connectivity index (χ1v) is 7.94. The van der Waals surface area contributed by atoms with Gasteiger partial charge in [0.2, 0.25) is 0 Å². The molecule has 0 fully saturated rings. The van der Waals surface area contributed by atoms with Crippen molar-refractivity contribution in [3.05, 3.63) is 23.8 Å². The molecule has 0 aliphatic rings. The van der Waals surface area contributed by atoms with E-state index in [0.717, 1.165) is 30.2 Å². The topological polar surface area (TPSA) is 87.4 Å². The maximum atomic E-state index is 11.7. The zero-order chi connectivity index (χ0) is 14.8. The van der Waals surface area contributed by atoms with E-state index in [2.05, 4.69) is 10.6 Å². The van der Waals surface area contributed by atoms with E-state index in [0.29, 0.717) is 17.8 Å². The molecule has 0 bridgehead atoms. The number of carbonyl (C=O) groups excluding carboxylic acids is 1. The summed E-state index contributed by atoms with van der Waals surface area (Å²) in [5.74, 6) is 1.81. The first-order chi connectivity index (χ1) is 9.69. The maximum absolute atomic E-state index is 11.7. The van der Waals surface area contributed by atoms with Crippen molar-refractivity contribution >= 4 is 29.0 Å². The monoisotopic (exact) mass is 297 g/mol. The Bertz CT molecular complexity index is 427. The molecule has 6 heteroatoms. The molecular formula is C14H23N3O2S. The van der Waals surface area contributed by atoms with Crippen molar-refractivity contribution in [1.29, 1.82) is 0 Å². The van der Waals surface area contributed by atoms with Gasteiger partial charge in [-0.3, -0.25) is 4.79 Å². The van der Waals surface area contributed by atoms with Crippen LogP contribution in [0.5, 0.6) is 0 Å². The Balaban J connectivity index is 2.42. The molecule has 1 amide bonds. The average Bonchev–Trinajstić information content (AvgIpc) is 2.44. The highest BCUT2D eigenvalue weighted by molar-refractivity contribution is 7.99. The second kappa shape index (κ2) is 9.50. The van der Waals surface area contributed by atoms with Crippen LogP contribution < -0.4 is 16.4 Å². The predicted molar refractivity (Wildman–Crippen MR) is 86.4 cm³/mol. The second-order valence-electron chi connectivity index (χ2n) is 4.28. The van der Waals surface area contributed by atoms with Gasteiger partial charge in [-0.05, 0) is 37.3 Å². The van der Waals surface area contributed by atoms with Crippen LogP contribution in [0.2, 0.25) is 0 Å². The number of amides is 1. The number of benzene rings is 1. The van der Waals surface area contributed by atoms with Gasteiger partial charge in [0.05, 0.1) is 11.4 Å². The van der Waals surface area contributed by atoms with Crippen molar-refractivity contribution in [3.63, 3.8) is 0 Å². The Morgan fingerprint density at radius 3 is 2.85 bits per heavy atom. The summed E-state index contributed by atoms with van der Waals surface area (Å²) in [6.45, 7) is 3.53. The lowest BCUT2D eigenvalue weighted by Gasteiger charge is -2.10. The molecule has 5 nitrogen and oxygen atoms in total. The first-order valence-electron chi connectivity index (χ1n) is 6.79. The molecule has 0 atom stereocenters. The molecule has 112 valence electrons. The van der Waals surface area contributed by atoms with Crippen molar-refractivity contribution in [1.82, 2.24) is 5.32 Å². The summed E-state index contributed by atoms with van der Waals surface area (Å²) in [7, 11) is 0. The Morgan fingerprint density at radius 2 is 2.20 bits per heavy atom. The number of nitrogens with two attached hydrogens (primary N) is 1. The van der Waals surface area contributed by atoms with E-state index in [1.54, 1.807) is 23.9 Å². The van der Waals surface area contributed by atoms with Crippen molar-refractivity contribution < 1.29 is 9.90 Å². The molecule has 1 rings (SSSR count). The molecule has 20 heavy (non-hydrogen) atoms. The predicted octanol–water partition coefficient (Wildman–Crippen LogP) is 1.55. The highest BCUT2D eigenvalue weighted by Gasteiger charge is 2.06. The van der Waals surface area contributed by atoms with Gasteiger partial charge >= 0.3 is 0 Å². The van der Waals surface area contributed by atoms with Crippen molar-refractivity contribution in [2.24, 2.45) is 0 Å². The first kappa shape index (κ1) is 16.7. The van der Waals surface area contributed by atoms with Gasteiger partial charge in [-0.25, -0.2) is 0 Å². The minimum absolute atomic E-state index is 0.106. The highest BCUT2D eigenvalue weighted by Crippen LogP contribution is 2.20. The number of anilines is 2. The number of nitrogens with one attached hydrogen (secondary N) is 2. The normalized spacial score (nSPS) is 10.3. The van der Waals surface area contributed by atoms with Crippen molar-refractivity contribution in [2.45, 2.75) is 13.3 Å². The Labute approximate surface area is 124 Å². The number of aliphatic hydroxyl groups excluding tert-OH is 1. The van der Waals surface area contributed by atoms with Crippen LogP contribution in [-0.4, -0.2) is 42.2 Å². The molecule has 0 saturated heterocycles. The summed E-state index contributed by atoms with van der Waals surface area (Å²) in [5, 5.41) is 14.7. The fraction of sp³-hybridized carbons (Fsp3) is 0.500. The molecule has 0 heterocycles. The minimum atomic E-state index is -0.106. The lowest BCUT2D eigenvalue weighted by atomic mass is 10.1. The molecule has 0 saturated carbocycles. The van der Waals surface area contributed by atoms with Gasteiger partial charge in [-0.15, -0.1) is 0 Å². The van der Waals surface area contributed by atoms with Gasteiger partial charge in [0.25, 0.3) is 5.91 Å². The number of aliphatic hydroxyl groups is 1. The molecule has 5 N–H and O–H groups in total. The minimum Gasteiger partial charge on any atom is -0.397 e. The van der Waals surface area contributed by atoms with Crippen LogP contribution in [-0.2, 0) is 0 Å². The SMILES string of the molecule is CCNC(=O)c1ccc(NCCSCCCO)c(N)c1. The van der Waals surface area contributed by atoms with Gasteiger partial charge in [0, 0.05) is 31.0 Å². The lowest BCUT2D eigenvalue weighted by molar-refractivity contribution is 0.0956. The number of hydrogen-bond donors (Lipinski definition) is 4. The number of carbonyl (C=O) groups is 1. The number of thioether (sulfide) groups is 1. The van der Waals surface area contributed by atoms with Crippen LogP contribution in [0.1, 0.15) is 23.7 Å². The van der Waals surface area contributed by atoms with Crippen molar-refractivity contribution in [2.75, 3.05) is 42.3 Å². The summed E-state index contributed by atoms with van der Waals surface area (Å²) in [5.41, 5.74) is 7.94. The maximum Gasteiger partial charge on any atom is 0.251 e. The van der Waals surface area contributed by atoms with E-state index in [9.17, 15) is 4.79 Å². The molecule has 0 aromatic heterocycles.